The number of nitrogens with zero attached hydrogens (tertiary/aromatic N) is 1. The second-order valence-electron chi connectivity index (χ2n) is 7.41. The van der Waals surface area contributed by atoms with Crippen LogP contribution in [0.2, 0.25) is 0 Å². The molecule has 3 aromatic rings. The van der Waals surface area contributed by atoms with Crippen LogP contribution in [-0.4, -0.2) is 17.6 Å². The maximum atomic E-state index is 6.25. The van der Waals surface area contributed by atoms with Gasteiger partial charge in [-0.3, -0.25) is 4.98 Å². The largest absolute Gasteiger partial charge is 0.397 e. The number of hydrogen-bond acceptors (Lipinski definition) is 3. The molecule has 3 N–H and O–H groups in total. The van der Waals surface area contributed by atoms with Crippen molar-refractivity contribution in [3.05, 3.63) is 69.8 Å². The molecule has 0 amide bonds. The minimum absolute atomic E-state index is 0.172. The molecule has 4 heteroatoms. The van der Waals surface area contributed by atoms with Crippen molar-refractivity contribution in [2.24, 2.45) is 0 Å². The maximum absolute atomic E-state index is 6.25. The summed E-state index contributed by atoms with van der Waals surface area (Å²) in [4.78, 5) is 4.44. The molecule has 0 saturated carbocycles. The number of aromatic nitrogens is 1. The van der Waals surface area contributed by atoms with E-state index in [4.69, 9.17) is 5.73 Å². The summed E-state index contributed by atoms with van der Waals surface area (Å²) in [7, 11) is 0. The zero-order valence-electron chi connectivity index (χ0n) is 14.5. The Bertz CT molecular complexity index is 923. The molecule has 128 valence electrons. The van der Waals surface area contributed by atoms with Gasteiger partial charge >= 0.3 is 0 Å². The molecule has 1 unspecified atom stereocenters. The van der Waals surface area contributed by atoms with E-state index < -0.39 is 0 Å². The lowest BCUT2D eigenvalue weighted by Gasteiger charge is -2.24. The fourth-order valence-electron chi connectivity index (χ4n) is 3.46. The number of fused-ring (bicyclic) bond motifs is 1. The molecular weight excluding hydrogens is 374 g/mol. The summed E-state index contributed by atoms with van der Waals surface area (Å²) < 4.78 is 1.04. The van der Waals surface area contributed by atoms with Gasteiger partial charge in [-0.2, -0.15) is 0 Å². The Hall–Kier alpha value is -1.91. The molecule has 1 aliphatic rings. The highest BCUT2D eigenvalue weighted by Crippen LogP contribution is 2.32. The first-order valence-corrected chi connectivity index (χ1v) is 9.40. The summed E-state index contributed by atoms with van der Waals surface area (Å²) in [5.74, 6) is 0. The minimum atomic E-state index is 0.172. The highest BCUT2D eigenvalue weighted by Gasteiger charge is 2.38. The van der Waals surface area contributed by atoms with E-state index >= 15 is 0 Å². The lowest BCUT2D eigenvalue weighted by atomic mass is 9.81. The van der Waals surface area contributed by atoms with Gasteiger partial charge in [-0.25, -0.2) is 0 Å². The van der Waals surface area contributed by atoms with Crippen LogP contribution in [-0.2, 0) is 11.8 Å². The topological polar surface area (TPSA) is 60.8 Å². The summed E-state index contributed by atoms with van der Waals surface area (Å²) in [5, 5.41) is 4.54. The average molecular weight is 396 g/mol. The van der Waals surface area contributed by atoms with Gasteiger partial charge in [-0.15, -0.1) is 0 Å². The summed E-state index contributed by atoms with van der Waals surface area (Å²) in [6.45, 7) is 5.72. The Balaban J connectivity index is 1.67. The van der Waals surface area contributed by atoms with Gasteiger partial charge in [0.05, 0.1) is 17.4 Å². The van der Waals surface area contributed by atoms with Crippen LogP contribution in [0, 0.1) is 0 Å². The second-order valence-corrected chi connectivity index (χ2v) is 8.33. The van der Waals surface area contributed by atoms with Gasteiger partial charge in [0, 0.05) is 34.3 Å². The fraction of sp³-hybridized carbons (Fsp3) is 0.286. The minimum Gasteiger partial charge on any atom is -0.397 e. The van der Waals surface area contributed by atoms with Crippen molar-refractivity contribution in [1.82, 2.24) is 10.3 Å². The first-order chi connectivity index (χ1) is 11.9. The van der Waals surface area contributed by atoms with E-state index in [-0.39, 0.29) is 5.41 Å². The third kappa shape index (κ3) is 3.16. The van der Waals surface area contributed by atoms with Crippen molar-refractivity contribution >= 4 is 32.5 Å². The molecule has 1 atom stereocenters. The highest BCUT2D eigenvalue weighted by atomic mass is 79.9. The Kier molecular flexibility index (Phi) is 4.05. The molecule has 1 fully saturated rings. The maximum Gasteiger partial charge on any atom is 0.0707 e. The molecule has 0 bridgehead atoms. The van der Waals surface area contributed by atoms with Gasteiger partial charge < -0.3 is 11.1 Å². The molecule has 1 saturated heterocycles. The number of hydrogen-bond donors (Lipinski definition) is 2. The van der Waals surface area contributed by atoms with Crippen LogP contribution in [0.4, 0.5) is 5.69 Å². The first-order valence-electron chi connectivity index (χ1n) is 8.60. The van der Waals surface area contributed by atoms with Gasteiger partial charge in [0.1, 0.15) is 0 Å². The van der Waals surface area contributed by atoms with E-state index in [0.29, 0.717) is 6.04 Å². The normalized spacial score (nSPS) is 17.0. The van der Waals surface area contributed by atoms with E-state index in [9.17, 15) is 0 Å². The smallest absolute Gasteiger partial charge is 0.0707 e. The molecule has 1 aromatic heterocycles. The van der Waals surface area contributed by atoms with Gasteiger partial charge in [-0.05, 0) is 34.9 Å². The van der Waals surface area contributed by atoms with Crippen molar-refractivity contribution in [1.29, 1.82) is 0 Å². The van der Waals surface area contributed by atoms with E-state index in [1.165, 1.54) is 11.1 Å². The van der Waals surface area contributed by atoms with E-state index in [1.807, 2.05) is 12.1 Å². The van der Waals surface area contributed by atoms with Crippen LogP contribution in [0.5, 0.6) is 0 Å². The van der Waals surface area contributed by atoms with Crippen LogP contribution in [0.15, 0.2) is 53.1 Å². The predicted octanol–water partition coefficient (Wildman–Crippen LogP) is 4.42. The monoisotopic (exact) mass is 395 g/mol. The Labute approximate surface area is 156 Å². The lowest BCUT2D eigenvalue weighted by Crippen LogP contribution is -2.26. The van der Waals surface area contributed by atoms with Crippen LogP contribution >= 0.6 is 15.9 Å². The standard InChI is InChI=1S/C21H22BrN3/c1-21(2,20-12-25-20)14-5-3-13(4-6-14)9-16-17-10-15(22)7-8-19(17)24-11-18(16)23/h3-8,10-11,20,25H,9,12,23H2,1-2H3. The number of anilines is 1. The summed E-state index contributed by atoms with van der Waals surface area (Å²) in [5.41, 5.74) is 11.9. The van der Waals surface area contributed by atoms with Gasteiger partial charge in [0.15, 0.2) is 0 Å². The molecule has 3 nitrogen and oxygen atoms in total. The number of halogens is 1. The Morgan fingerprint density at radius 2 is 1.92 bits per heavy atom. The van der Waals surface area contributed by atoms with Crippen molar-refractivity contribution in [2.45, 2.75) is 31.7 Å². The fourth-order valence-corrected chi connectivity index (χ4v) is 3.82. The number of nitrogen functional groups attached to an aromatic ring is 1. The summed E-state index contributed by atoms with van der Waals surface area (Å²) >= 11 is 3.55. The molecular formula is C21H22BrN3. The lowest BCUT2D eigenvalue weighted by molar-refractivity contribution is 0.512. The van der Waals surface area contributed by atoms with Crippen LogP contribution in [0.3, 0.4) is 0 Å². The Morgan fingerprint density at radius 3 is 2.60 bits per heavy atom. The molecule has 25 heavy (non-hydrogen) atoms. The summed E-state index contributed by atoms with van der Waals surface area (Å²) in [6, 6.07) is 15.7. The zero-order chi connectivity index (χ0) is 17.6. The highest BCUT2D eigenvalue weighted by molar-refractivity contribution is 9.10. The third-order valence-electron chi connectivity index (χ3n) is 5.33. The van der Waals surface area contributed by atoms with Gasteiger partial charge in [0.25, 0.3) is 0 Å². The summed E-state index contributed by atoms with van der Waals surface area (Å²) in [6.07, 6.45) is 2.57. The van der Waals surface area contributed by atoms with E-state index in [0.717, 1.165) is 39.6 Å². The number of pyridine rings is 1. The first kappa shape index (κ1) is 16.6. The van der Waals surface area contributed by atoms with Crippen molar-refractivity contribution in [3.63, 3.8) is 0 Å². The quantitative estimate of drug-likeness (QED) is 0.642. The third-order valence-corrected chi connectivity index (χ3v) is 5.83. The molecule has 1 aliphatic heterocycles. The van der Waals surface area contributed by atoms with Gasteiger partial charge in [0.2, 0.25) is 0 Å². The van der Waals surface area contributed by atoms with E-state index in [2.05, 4.69) is 70.4 Å². The zero-order valence-corrected chi connectivity index (χ0v) is 16.1. The number of nitrogens with two attached hydrogens (primary N) is 1. The molecule has 4 rings (SSSR count). The van der Waals surface area contributed by atoms with E-state index in [1.54, 1.807) is 6.20 Å². The molecule has 0 spiro atoms. The van der Waals surface area contributed by atoms with Crippen molar-refractivity contribution < 1.29 is 0 Å². The number of nitrogens with one attached hydrogen (secondary N) is 1. The van der Waals surface area contributed by atoms with Crippen LogP contribution < -0.4 is 11.1 Å². The SMILES string of the molecule is CC(C)(c1ccc(Cc2c(N)cnc3ccc(Br)cc23)cc1)C1CN1. The Morgan fingerprint density at radius 1 is 1.20 bits per heavy atom. The predicted molar refractivity (Wildman–Crippen MR) is 108 cm³/mol. The molecule has 0 aliphatic carbocycles. The number of rotatable bonds is 4. The van der Waals surface area contributed by atoms with Crippen LogP contribution in [0.1, 0.15) is 30.5 Å². The molecule has 2 heterocycles. The number of benzene rings is 2. The average Bonchev–Trinajstić information content (AvgIpc) is 3.44. The molecule has 2 aromatic carbocycles. The van der Waals surface area contributed by atoms with Crippen molar-refractivity contribution in [2.75, 3.05) is 12.3 Å². The second kappa shape index (κ2) is 6.11. The van der Waals surface area contributed by atoms with Crippen LogP contribution in [0.25, 0.3) is 10.9 Å². The molecule has 0 radical (unpaired) electrons. The van der Waals surface area contributed by atoms with Crippen molar-refractivity contribution in [3.8, 4) is 0 Å². The van der Waals surface area contributed by atoms with Gasteiger partial charge in [-0.1, -0.05) is 54.0 Å².